The van der Waals surface area contributed by atoms with E-state index in [1.54, 1.807) is 6.07 Å². The van der Waals surface area contributed by atoms with Crippen molar-refractivity contribution >= 4 is 35.0 Å². The molecule has 4 rings (SSSR count). The van der Waals surface area contributed by atoms with Crippen molar-refractivity contribution in [1.82, 2.24) is 14.8 Å². The fourth-order valence-corrected chi connectivity index (χ4v) is 4.39. The van der Waals surface area contributed by atoms with Crippen molar-refractivity contribution in [1.29, 1.82) is 0 Å². The summed E-state index contributed by atoms with van der Waals surface area (Å²) in [6.45, 7) is 7.31. The number of nitrogens with zero attached hydrogens (tertiary/aromatic N) is 3. The van der Waals surface area contributed by atoms with Crippen LogP contribution < -0.4 is 14.8 Å². The zero-order valence-electron chi connectivity index (χ0n) is 18.2. The van der Waals surface area contributed by atoms with E-state index in [9.17, 15) is 4.79 Å². The highest BCUT2D eigenvalue weighted by Gasteiger charge is 2.20. The van der Waals surface area contributed by atoms with Crippen molar-refractivity contribution in [3.05, 3.63) is 47.0 Å². The highest BCUT2D eigenvalue weighted by atomic mass is 35.5. The quantitative estimate of drug-likeness (QED) is 0.485. The van der Waals surface area contributed by atoms with Crippen LogP contribution in [-0.2, 0) is 4.79 Å². The van der Waals surface area contributed by atoms with E-state index in [2.05, 4.69) is 29.4 Å². The van der Waals surface area contributed by atoms with Crippen LogP contribution in [0.25, 0.3) is 11.4 Å². The standard InChI is InChI=1S/C23H25ClN4O3S/c1-14(2)28-22(16-6-8-19-20(11-16)31-10-4-9-30-19)26-27-23(28)32-13-21(29)25-17-7-5-15(3)18(24)12-17/h5-8,11-12,14H,4,9-10,13H2,1-3H3,(H,25,29). The van der Waals surface area contributed by atoms with Crippen molar-refractivity contribution in [3.8, 4) is 22.9 Å². The normalized spacial score (nSPS) is 13.2. The van der Waals surface area contributed by atoms with E-state index in [1.807, 2.05) is 41.8 Å². The minimum absolute atomic E-state index is 0.109. The molecule has 0 saturated carbocycles. The molecule has 0 radical (unpaired) electrons. The van der Waals surface area contributed by atoms with Gasteiger partial charge in [-0.2, -0.15) is 0 Å². The first kappa shape index (κ1) is 22.5. The zero-order chi connectivity index (χ0) is 22.7. The van der Waals surface area contributed by atoms with Crippen molar-refractivity contribution in [2.24, 2.45) is 0 Å². The number of hydrogen-bond acceptors (Lipinski definition) is 6. The van der Waals surface area contributed by atoms with Crippen LogP contribution in [0.15, 0.2) is 41.6 Å². The number of benzene rings is 2. The summed E-state index contributed by atoms with van der Waals surface area (Å²) in [5.41, 5.74) is 2.52. The summed E-state index contributed by atoms with van der Waals surface area (Å²) in [7, 11) is 0. The maximum Gasteiger partial charge on any atom is 0.234 e. The Hall–Kier alpha value is -2.71. The van der Waals surface area contributed by atoms with Gasteiger partial charge in [0.1, 0.15) is 0 Å². The summed E-state index contributed by atoms with van der Waals surface area (Å²) in [4.78, 5) is 12.5. The Balaban J connectivity index is 1.50. The van der Waals surface area contributed by atoms with Crippen LogP contribution in [0.1, 0.15) is 31.9 Å². The number of thioether (sulfide) groups is 1. The predicted octanol–water partition coefficient (Wildman–Crippen LogP) is 5.38. The van der Waals surface area contributed by atoms with Gasteiger partial charge in [-0.3, -0.25) is 9.36 Å². The molecule has 0 unspecified atom stereocenters. The molecule has 2 aromatic carbocycles. The molecule has 7 nitrogen and oxygen atoms in total. The Bertz CT molecular complexity index is 1130. The molecular formula is C23H25ClN4O3S. The van der Waals surface area contributed by atoms with Crippen LogP contribution in [0.5, 0.6) is 11.5 Å². The van der Waals surface area contributed by atoms with Crippen LogP contribution in [0, 0.1) is 6.92 Å². The van der Waals surface area contributed by atoms with Crippen molar-refractivity contribution in [2.45, 2.75) is 38.4 Å². The molecule has 0 fully saturated rings. The molecule has 0 atom stereocenters. The molecule has 1 amide bonds. The fraction of sp³-hybridized carbons (Fsp3) is 0.348. The van der Waals surface area contributed by atoms with Crippen molar-refractivity contribution in [2.75, 3.05) is 24.3 Å². The third-order valence-electron chi connectivity index (χ3n) is 4.97. The third kappa shape index (κ3) is 5.02. The van der Waals surface area contributed by atoms with Gasteiger partial charge in [-0.15, -0.1) is 10.2 Å². The molecule has 9 heteroatoms. The number of amides is 1. The Morgan fingerprint density at radius 2 is 1.94 bits per heavy atom. The number of fused-ring (bicyclic) bond motifs is 1. The van der Waals surface area contributed by atoms with Crippen LogP contribution in [0.4, 0.5) is 5.69 Å². The molecule has 3 aromatic rings. The van der Waals surface area contributed by atoms with Crippen molar-refractivity contribution in [3.63, 3.8) is 0 Å². The summed E-state index contributed by atoms with van der Waals surface area (Å²) in [6, 6.07) is 11.4. The van der Waals surface area contributed by atoms with Gasteiger partial charge in [0.25, 0.3) is 0 Å². The molecule has 1 aliphatic heterocycles. The number of rotatable bonds is 6. The summed E-state index contributed by atoms with van der Waals surface area (Å²) in [6.07, 6.45) is 0.851. The van der Waals surface area contributed by atoms with Gasteiger partial charge in [-0.05, 0) is 56.7 Å². The van der Waals surface area contributed by atoms with Crippen molar-refractivity contribution < 1.29 is 14.3 Å². The zero-order valence-corrected chi connectivity index (χ0v) is 19.8. The fourth-order valence-electron chi connectivity index (χ4n) is 3.34. The van der Waals surface area contributed by atoms with E-state index in [0.717, 1.165) is 29.1 Å². The maximum absolute atomic E-state index is 12.5. The molecule has 1 aromatic heterocycles. The minimum Gasteiger partial charge on any atom is -0.490 e. The summed E-state index contributed by atoms with van der Waals surface area (Å²) in [5, 5.41) is 12.9. The molecule has 0 saturated heterocycles. The van der Waals surface area contributed by atoms with Gasteiger partial charge in [0.15, 0.2) is 22.5 Å². The monoisotopic (exact) mass is 472 g/mol. The third-order valence-corrected chi connectivity index (χ3v) is 6.32. The number of aromatic nitrogens is 3. The van der Waals surface area contributed by atoms with Gasteiger partial charge < -0.3 is 14.8 Å². The number of carbonyl (C=O) groups is 1. The molecule has 0 aliphatic carbocycles. The van der Waals surface area contributed by atoms with Crippen LogP contribution in [0.3, 0.4) is 0 Å². The van der Waals surface area contributed by atoms with E-state index in [1.165, 1.54) is 11.8 Å². The lowest BCUT2D eigenvalue weighted by Crippen LogP contribution is -2.15. The Kier molecular flexibility index (Phi) is 6.91. The van der Waals surface area contributed by atoms with Gasteiger partial charge in [0.05, 0.1) is 19.0 Å². The second-order valence-corrected chi connectivity index (χ2v) is 9.13. The van der Waals surface area contributed by atoms with Crippen LogP contribution in [0.2, 0.25) is 5.02 Å². The summed E-state index contributed by atoms with van der Waals surface area (Å²) >= 11 is 7.49. The van der Waals surface area contributed by atoms with Crippen LogP contribution >= 0.6 is 23.4 Å². The maximum atomic E-state index is 12.5. The Morgan fingerprint density at radius 1 is 1.16 bits per heavy atom. The average molecular weight is 473 g/mol. The number of ether oxygens (including phenoxy) is 2. The molecule has 1 N–H and O–H groups in total. The molecule has 2 heterocycles. The van der Waals surface area contributed by atoms with E-state index in [-0.39, 0.29) is 17.7 Å². The smallest absolute Gasteiger partial charge is 0.234 e. The number of hydrogen-bond donors (Lipinski definition) is 1. The Morgan fingerprint density at radius 3 is 2.69 bits per heavy atom. The SMILES string of the molecule is Cc1ccc(NC(=O)CSc2nnc(-c3ccc4c(c3)OCCCO4)n2C(C)C)cc1Cl. The van der Waals surface area contributed by atoms with E-state index in [4.69, 9.17) is 21.1 Å². The number of carbonyl (C=O) groups excluding carboxylic acids is 1. The largest absolute Gasteiger partial charge is 0.490 e. The molecule has 0 bridgehead atoms. The number of aryl methyl sites for hydroxylation is 1. The topological polar surface area (TPSA) is 78.3 Å². The average Bonchev–Trinajstić information content (AvgIpc) is 3.05. The van der Waals surface area contributed by atoms with Gasteiger partial charge in [0, 0.05) is 28.7 Å². The van der Waals surface area contributed by atoms with Gasteiger partial charge in [0.2, 0.25) is 5.91 Å². The lowest BCUT2D eigenvalue weighted by atomic mass is 10.2. The first-order valence-corrected chi connectivity index (χ1v) is 11.8. The predicted molar refractivity (Wildman–Crippen MR) is 127 cm³/mol. The van der Waals surface area contributed by atoms with Gasteiger partial charge in [-0.1, -0.05) is 29.4 Å². The lowest BCUT2D eigenvalue weighted by molar-refractivity contribution is -0.113. The number of anilines is 1. The van der Waals surface area contributed by atoms with E-state index in [0.29, 0.717) is 34.8 Å². The van der Waals surface area contributed by atoms with Gasteiger partial charge in [-0.25, -0.2) is 0 Å². The minimum atomic E-state index is -0.134. The lowest BCUT2D eigenvalue weighted by Gasteiger charge is -2.15. The first-order valence-electron chi connectivity index (χ1n) is 10.5. The highest BCUT2D eigenvalue weighted by molar-refractivity contribution is 7.99. The van der Waals surface area contributed by atoms with E-state index >= 15 is 0 Å². The number of halogens is 1. The van der Waals surface area contributed by atoms with Gasteiger partial charge >= 0.3 is 0 Å². The van der Waals surface area contributed by atoms with Crippen LogP contribution in [-0.4, -0.2) is 39.6 Å². The molecule has 1 aliphatic rings. The second kappa shape index (κ2) is 9.83. The first-order chi connectivity index (χ1) is 15.4. The summed E-state index contributed by atoms with van der Waals surface area (Å²) in [5.74, 6) is 2.25. The number of nitrogens with one attached hydrogen (secondary N) is 1. The molecule has 168 valence electrons. The highest BCUT2D eigenvalue weighted by Crippen LogP contribution is 2.35. The molecule has 32 heavy (non-hydrogen) atoms. The van der Waals surface area contributed by atoms with E-state index < -0.39 is 0 Å². The Labute approximate surface area is 196 Å². The molecule has 0 spiro atoms. The summed E-state index contributed by atoms with van der Waals surface area (Å²) < 4.78 is 13.6. The molecular weight excluding hydrogens is 448 g/mol. The second-order valence-electron chi connectivity index (χ2n) is 7.78.